The van der Waals surface area contributed by atoms with Crippen LogP contribution in [0.4, 0.5) is 0 Å². The number of benzene rings is 1. The first-order valence-corrected chi connectivity index (χ1v) is 12.1. The molecular formula is C28H30N2O3. The summed E-state index contributed by atoms with van der Waals surface area (Å²) in [5.74, 6) is -1.01. The number of nitrogens with zero attached hydrogens (tertiary/aromatic N) is 2. The van der Waals surface area contributed by atoms with Gasteiger partial charge >= 0.3 is 5.97 Å². The number of carbonyl (C=O) groups excluding carboxylic acids is 2. The molecule has 0 spiro atoms. The minimum Gasteiger partial charge on any atom is -0.459 e. The number of esters is 1. The van der Waals surface area contributed by atoms with Crippen LogP contribution in [0, 0.1) is 5.92 Å². The molecule has 170 valence electrons. The molecule has 0 amide bonds. The highest BCUT2D eigenvalue weighted by atomic mass is 16.5. The zero-order valence-electron chi connectivity index (χ0n) is 19.1. The Kier molecular flexibility index (Phi) is 6.21. The normalized spacial score (nSPS) is 25.9. The van der Waals surface area contributed by atoms with Crippen LogP contribution in [0.3, 0.4) is 0 Å². The van der Waals surface area contributed by atoms with Crippen LogP contribution in [-0.2, 0) is 14.3 Å². The van der Waals surface area contributed by atoms with E-state index in [0.717, 1.165) is 42.7 Å². The number of carbonyl (C=O) groups is 2. The van der Waals surface area contributed by atoms with Gasteiger partial charge in [-0.1, -0.05) is 42.8 Å². The number of aliphatic imine (C=N–C) groups is 1. The molecule has 0 N–H and O–H groups in total. The number of Topliss-reactive ketones (excluding diaryl/α,β-unsaturated/α-hetero) is 1. The zero-order chi connectivity index (χ0) is 22.8. The smallest absolute Gasteiger partial charge is 0.336 e. The van der Waals surface area contributed by atoms with Gasteiger partial charge in [-0.2, -0.15) is 0 Å². The molecule has 0 radical (unpaired) electrons. The SMILES string of the molecule is CC1=C(C(=O)OC2CCCCC2)[C@H](c2ccccn2)[C@@H]2C(=O)C[C@@H](c3ccccc3)CC2=N1. The fourth-order valence-corrected chi connectivity index (χ4v) is 5.68. The van der Waals surface area contributed by atoms with Crippen molar-refractivity contribution in [2.24, 2.45) is 10.9 Å². The summed E-state index contributed by atoms with van der Waals surface area (Å²) in [5, 5.41) is 0. The summed E-state index contributed by atoms with van der Waals surface area (Å²) in [6, 6.07) is 15.8. The van der Waals surface area contributed by atoms with Gasteiger partial charge in [-0.15, -0.1) is 0 Å². The van der Waals surface area contributed by atoms with Crippen molar-refractivity contribution in [3.05, 3.63) is 77.3 Å². The van der Waals surface area contributed by atoms with Crippen LogP contribution < -0.4 is 0 Å². The summed E-state index contributed by atoms with van der Waals surface area (Å²) in [7, 11) is 0. The van der Waals surface area contributed by atoms with Crippen molar-refractivity contribution in [1.82, 2.24) is 4.98 Å². The number of ether oxygens (including phenoxy) is 1. The number of hydrogen-bond acceptors (Lipinski definition) is 5. The quantitative estimate of drug-likeness (QED) is 0.584. The lowest BCUT2D eigenvalue weighted by atomic mass is 9.67. The topological polar surface area (TPSA) is 68.6 Å². The van der Waals surface area contributed by atoms with E-state index >= 15 is 0 Å². The number of rotatable bonds is 4. The van der Waals surface area contributed by atoms with Gasteiger partial charge in [0, 0.05) is 29.7 Å². The van der Waals surface area contributed by atoms with Gasteiger partial charge in [0.2, 0.25) is 0 Å². The second-order valence-corrected chi connectivity index (χ2v) is 9.46. The molecule has 2 fully saturated rings. The van der Waals surface area contributed by atoms with Crippen LogP contribution in [0.2, 0.25) is 0 Å². The van der Waals surface area contributed by atoms with Gasteiger partial charge in [0.15, 0.2) is 0 Å². The maximum Gasteiger partial charge on any atom is 0.336 e. The molecule has 2 heterocycles. The predicted octanol–water partition coefficient (Wildman–Crippen LogP) is 5.53. The summed E-state index contributed by atoms with van der Waals surface area (Å²) in [6.07, 6.45) is 8.01. The average Bonchev–Trinajstić information content (AvgIpc) is 2.84. The highest BCUT2D eigenvalue weighted by Crippen LogP contribution is 2.45. The van der Waals surface area contributed by atoms with Crippen molar-refractivity contribution >= 4 is 17.5 Å². The largest absolute Gasteiger partial charge is 0.459 e. The summed E-state index contributed by atoms with van der Waals surface area (Å²) in [4.78, 5) is 36.4. The molecule has 1 aromatic carbocycles. The molecule has 5 heteroatoms. The molecule has 1 aliphatic heterocycles. The molecule has 0 unspecified atom stereocenters. The summed E-state index contributed by atoms with van der Waals surface area (Å²) in [5.41, 5.74) is 3.91. The monoisotopic (exact) mass is 442 g/mol. The highest BCUT2D eigenvalue weighted by Gasteiger charge is 2.46. The molecule has 2 aliphatic carbocycles. The Labute approximate surface area is 195 Å². The first-order valence-electron chi connectivity index (χ1n) is 12.1. The van der Waals surface area contributed by atoms with Crippen molar-refractivity contribution in [1.29, 1.82) is 0 Å². The van der Waals surface area contributed by atoms with Gasteiger partial charge < -0.3 is 4.74 Å². The Hall–Kier alpha value is -3.08. The minimum absolute atomic E-state index is 0.0502. The Morgan fingerprint density at radius 2 is 1.70 bits per heavy atom. The van der Waals surface area contributed by atoms with Gasteiger partial charge in [0.25, 0.3) is 0 Å². The molecule has 1 aromatic heterocycles. The van der Waals surface area contributed by atoms with E-state index in [1.807, 2.05) is 43.3 Å². The van der Waals surface area contributed by atoms with Crippen LogP contribution in [0.15, 0.2) is 71.0 Å². The molecule has 0 bridgehead atoms. The first kappa shape index (κ1) is 21.7. The van der Waals surface area contributed by atoms with Crippen molar-refractivity contribution in [2.75, 3.05) is 0 Å². The molecule has 33 heavy (non-hydrogen) atoms. The summed E-state index contributed by atoms with van der Waals surface area (Å²) < 4.78 is 5.95. The number of pyridine rings is 1. The molecule has 2 saturated carbocycles. The molecule has 2 aromatic rings. The first-order chi connectivity index (χ1) is 16.1. The Morgan fingerprint density at radius 1 is 0.939 bits per heavy atom. The summed E-state index contributed by atoms with van der Waals surface area (Å²) >= 11 is 0. The second kappa shape index (κ2) is 9.42. The summed E-state index contributed by atoms with van der Waals surface area (Å²) in [6.45, 7) is 1.87. The van der Waals surface area contributed by atoms with Gasteiger partial charge in [0.05, 0.1) is 17.4 Å². The van der Waals surface area contributed by atoms with Crippen LogP contribution in [-0.4, -0.2) is 28.6 Å². The molecule has 5 nitrogen and oxygen atoms in total. The van der Waals surface area contributed by atoms with Crippen LogP contribution in [0.25, 0.3) is 0 Å². The Bertz CT molecular complexity index is 1080. The van der Waals surface area contributed by atoms with E-state index in [1.165, 1.54) is 6.42 Å². The zero-order valence-corrected chi connectivity index (χ0v) is 19.1. The Balaban J connectivity index is 1.52. The van der Waals surface area contributed by atoms with Crippen molar-refractivity contribution < 1.29 is 14.3 Å². The molecule has 0 saturated heterocycles. The third-order valence-electron chi connectivity index (χ3n) is 7.28. The van der Waals surface area contributed by atoms with Gasteiger partial charge in [-0.05, 0) is 62.6 Å². The number of allylic oxidation sites excluding steroid dienone is 1. The lowest BCUT2D eigenvalue weighted by Crippen LogP contribution is -2.41. The number of ketones is 1. The van der Waals surface area contributed by atoms with E-state index in [4.69, 9.17) is 9.73 Å². The lowest BCUT2D eigenvalue weighted by molar-refractivity contribution is -0.146. The van der Waals surface area contributed by atoms with E-state index in [0.29, 0.717) is 24.1 Å². The molecular weight excluding hydrogens is 412 g/mol. The van der Waals surface area contributed by atoms with E-state index in [9.17, 15) is 9.59 Å². The molecule has 3 atom stereocenters. The fourth-order valence-electron chi connectivity index (χ4n) is 5.68. The maximum atomic E-state index is 13.6. The van der Waals surface area contributed by atoms with Crippen LogP contribution >= 0.6 is 0 Å². The standard InChI is InChI=1S/C28H30N2O3/c1-18-25(28(32)33-21-12-6-3-7-13-21)27(22-14-8-9-15-29-22)26-23(30-18)16-20(17-24(26)31)19-10-4-2-5-11-19/h2,4-5,8-11,14-15,20-21,26-27H,3,6-7,12-13,16-17H2,1H3/t20-,26-,27-/m0/s1. The van der Waals surface area contributed by atoms with Crippen molar-refractivity contribution in [3.8, 4) is 0 Å². The Morgan fingerprint density at radius 3 is 2.42 bits per heavy atom. The lowest BCUT2D eigenvalue weighted by Gasteiger charge is -2.38. The van der Waals surface area contributed by atoms with Crippen molar-refractivity contribution in [3.63, 3.8) is 0 Å². The van der Waals surface area contributed by atoms with E-state index in [-0.39, 0.29) is 23.8 Å². The number of aromatic nitrogens is 1. The van der Waals surface area contributed by atoms with E-state index in [2.05, 4.69) is 17.1 Å². The second-order valence-electron chi connectivity index (χ2n) is 9.46. The predicted molar refractivity (Wildman–Crippen MR) is 127 cm³/mol. The van der Waals surface area contributed by atoms with E-state index < -0.39 is 11.8 Å². The van der Waals surface area contributed by atoms with Crippen molar-refractivity contribution in [2.45, 2.75) is 69.8 Å². The molecule has 3 aliphatic rings. The van der Waals surface area contributed by atoms with Crippen LogP contribution in [0.1, 0.15) is 75.0 Å². The van der Waals surface area contributed by atoms with E-state index in [1.54, 1.807) is 6.20 Å². The van der Waals surface area contributed by atoms with Gasteiger partial charge in [-0.3, -0.25) is 14.8 Å². The third-order valence-corrected chi connectivity index (χ3v) is 7.28. The van der Waals surface area contributed by atoms with Gasteiger partial charge in [-0.25, -0.2) is 4.79 Å². The highest BCUT2D eigenvalue weighted by molar-refractivity contribution is 6.12. The third kappa shape index (κ3) is 4.41. The number of hydrogen-bond donors (Lipinski definition) is 0. The van der Waals surface area contributed by atoms with Crippen LogP contribution in [0.5, 0.6) is 0 Å². The van der Waals surface area contributed by atoms with Gasteiger partial charge in [0.1, 0.15) is 11.9 Å². The average molecular weight is 443 g/mol. The maximum absolute atomic E-state index is 13.6. The molecule has 5 rings (SSSR count). The fraction of sp³-hybridized carbons (Fsp3) is 0.429. The number of fused-ring (bicyclic) bond motifs is 1. The minimum atomic E-state index is -0.461.